The van der Waals surface area contributed by atoms with E-state index in [0.29, 0.717) is 23.5 Å². The van der Waals surface area contributed by atoms with E-state index in [0.717, 1.165) is 5.69 Å². The lowest BCUT2D eigenvalue weighted by Crippen LogP contribution is -2.28. The summed E-state index contributed by atoms with van der Waals surface area (Å²) in [5.41, 5.74) is 7.50. The van der Waals surface area contributed by atoms with Crippen LogP contribution < -0.4 is 15.3 Å². The molecule has 0 radical (unpaired) electrons. The average Bonchev–Trinajstić information content (AvgIpc) is 3.41. The molecule has 3 aromatic rings. The summed E-state index contributed by atoms with van der Waals surface area (Å²) in [7, 11) is -3.91. The maximum atomic E-state index is 13.5. The Morgan fingerprint density at radius 1 is 1.29 bits per heavy atom. The average molecular weight is 503 g/mol. The fourth-order valence-corrected chi connectivity index (χ4v) is 5.26. The summed E-state index contributed by atoms with van der Waals surface area (Å²) >= 11 is 0. The van der Waals surface area contributed by atoms with Crippen LogP contribution in [0, 0.1) is 5.92 Å². The number of nitrogens with two attached hydrogens (primary N) is 1. The number of benzene rings is 1. The topological polar surface area (TPSA) is 139 Å². The quantitative estimate of drug-likeness (QED) is 0.312. The van der Waals surface area contributed by atoms with Gasteiger partial charge in [0.1, 0.15) is 30.2 Å². The van der Waals surface area contributed by atoms with Crippen molar-refractivity contribution in [3.63, 3.8) is 0 Å². The van der Waals surface area contributed by atoms with Crippen LogP contribution >= 0.6 is 7.75 Å². The van der Waals surface area contributed by atoms with Gasteiger partial charge >= 0.3 is 13.7 Å². The number of nitrogens with one attached hydrogen (secondary N) is 1. The van der Waals surface area contributed by atoms with Gasteiger partial charge in [-0.3, -0.25) is 9.32 Å². The van der Waals surface area contributed by atoms with E-state index in [2.05, 4.69) is 22.1 Å². The monoisotopic (exact) mass is 503 g/mol. The van der Waals surface area contributed by atoms with Crippen molar-refractivity contribution in [3.05, 3.63) is 54.5 Å². The summed E-state index contributed by atoms with van der Waals surface area (Å²) in [6.45, 7) is 5.20. The Morgan fingerprint density at radius 2 is 2.06 bits per heavy atom. The van der Waals surface area contributed by atoms with Crippen LogP contribution in [0.3, 0.4) is 0 Å². The number of para-hydroxylation sites is 1. The van der Waals surface area contributed by atoms with Crippen molar-refractivity contribution in [2.24, 2.45) is 5.92 Å². The molecule has 0 bridgehead atoms. The fourth-order valence-electron chi connectivity index (χ4n) is 3.96. The Morgan fingerprint density at radius 3 is 2.80 bits per heavy atom. The molecule has 1 aromatic carbocycles. The molecule has 12 heteroatoms. The number of esters is 1. The Bertz CT molecular complexity index is 1200. The fraction of sp³-hybridized carbons (Fsp3) is 0.435. The molecule has 2 aromatic heterocycles. The summed E-state index contributed by atoms with van der Waals surface area (Å²) in [5.74, 6) is 0.308. The molecule has 1 saturated heterocycles. The molecule has 11 nitrogen and oxygen atoms in total. The normalized spacial score (nSPS) is 21.8. The second kappa shape index (κ2) is 10.7. The molecule has 188 valence electrons. The molecule has 1 fully saturated rings. The number of ether oxygens (including phenoxy) is 2. The number of aromatic nitrogens is 3. The highest BCUT2D eigenvalue weighted by Gasteiger charge is 2.38. The van der Waals surface area contributed by atoms with Gasteiger partial charge in [0, 0.05) is 0 Å². The first-order chi connectivity index (χ1) is 16.7. The first-order valence-electron chi connectivity index (χ1n) is 11.4. The van der Waals surface area contributed by atoms with E-state index in [-0.39, 0.29) is 37.4 Å². The highest BCUT2D eigenvalue weighted by atomic mass is 31.2. The molecule has 3 heterocycles. The highest BCUT2D eigenvalue weighted by molar-refractivity contribution is 7.52. The number of nitrogen functional groups attached to an aromatic ring is 1. The number of fused-ring (bicyclic) bond motifs is 1. The van der Waals surface area contributed by atoms with E-state index in [9.17, 15) is 9.36 Å². The third-order valence-corrected chi connectivity index (χ3v) is 6.96. The lowest BCUT2D eigenvalue weighted by Gasteiger charge is -2.22. The van der Waals surface area contributed by atoms with Crippen molar-refractivity contribution in [3.8, 4) is 5.75 Å². The van der Waals surface area contributed by atoms with Crippen molar-refractivity contribution in [1.82, 2.24) is 19.7 Å². The van der Waals surface area contributed by atoms with Gasteiger partial charge in [-0.2, -0.15) is 5.10 Å². The molecule has 35 heavy (non-hydrogen) atoms. The molecule has 0 aliphatic carbocycles. The van der Waals surface area contributed by atoms with Crippen LogP contribution in [0.1, 0.15) is 39.0 Å². The Kier molecular flexibility index (Phi) is 7.71. The highest BCUT2D eigenvalue weighted by Crippen LogP contribution is 2.46. The maximum Gasteiger partial charge on any atom is 0.459 e. The van der Waals surface area contributed by atoms with Gasteiger partial charge in [0.2, 0.25) is 0 Å². The Balaban J connectivity index is 1.43. The second-order valence-electron chi connectivity index (χ2n) is 8.66. The number of nitrogens with zero attached hydrogens (tertiary/aromatic N) is 3. The molecule has 0 saturated carbocycles. The van der Waals surface area contributed by atoms with Gasteiger partial charge in [0.05, 0.1) is 24.5 Å². The van der Waals surface area contributed by atoms with Crippen LogP contribution in [0.25, 0.3) is 5.52 Å². The van der Waals surface area contributed by atoms with E-state index in [1.165, 1.54) is 6.33 Å². The third-order valence-electron chi connectivity index (χ3n) is 5.48. The van der Waals surface area contributed by atoms with E-state index in [1.807, 2.05) is 18.2 Å². The van der Waals surface area contributed by atoms with Crippen LogP contribution in [0.5, 0.6) is 5.75 Å². The smallest absolute Gasteiger partial charge is 0.459 e. The van der Waals surface area contributed by atoms with Crippen LogP contribution in [-0.4, -0.2) is 45.9 Å². The molecular formula is C23H30N5O6P. The van der Waals surface area contributed by atoms with Crippen LogP contribution in [-0.2, 0) is 23.4 Å². The van der Waals surface area contributed by atoms with Crippen molar-refractivity contribution in [2.75, 3.05) is 18.9 Å². The van der Waals surface area contributed by atoms with E-state index >= 15 is 0 Å². The zero-order valence-corrected chi connectivity index (χ0v) is 20.8. The molecule has 0 spiro atoms. The standard InChI is InChI=1S/C23H30N5O6P/c1-15(2)32-21(29)12-27-35(30,34-17-7-5-4-6-8-17)31-13-18-11-16(3)22(33-18)19-9-10-20-23(24)25-14-26-28(19)20/h4-10,14-16,18,22H,11-13H2,1-3H3,(H,27,30)(H2,24,25,26)/t16-,18-,22+,35?/m0/s1. The van der Waals surface area contributed by atoms with Crippen molar-refractivity contribution in [1.29, 1.82) is 0 Å². The summed E-state index contributed by atoms with van der Waals surface area (Å²) in [4.78, 5) is 16.0. The Hall–Kier alpha value is -2.98. The number of rotatable bonds is 10. The largest absolute Gasteiger partial charge is 0.462 e. The molecule has 3 N–H and O–H groups in total. The van der Waals surface area contributed by atoms with Gasteiger partial charge in [-0.1, -0.05) is 25.1 Å². The Labute approximate surface area is 203 Å². The first kappa shape index (κ1) is 25.1. The van der Waals surface area contributed by atoms with Gasteiger partial charge in [-0.05, 0) is 50.5 Å². The van der Waals surface area contributed by atoms with Crippen molar-refractivity contribution >= 4 is 25.1 Å². The first-order valence-corrected chi connectivity index (χ1v) is 13.0. The molecule has 4 atom stereocenters. The molecule has 0 amide bonds. The minimum Gasteiger partial charge on any atom is -0.462 e. The molecule has 1 aliphatic heterocycles. The summed E-state index contributed by atoms with van der Waals surface area (Å²) < 4.78 is 37.9. The van der Waals surface area contributed by atoms with Crippen molar-refractivity contribution < 1.29 is 27.9 Å². The van der Waals surface area contributed by atoms with Gasteiger partial charge in [-0.15, -0.1) is 0 Å². The second-order valence-corrected chi connectivity index (χ2v) is 10.4. The predicted molar refractivity (Wildman–Crippen MR) is 129 cm³/mol. The zero-order valence-electron chi connectivity index (χ0n) is 19.9. The number of anilines is 1. The number of hydrogen-bond donors (Lipinski definition) is 2. The summed E-state index contributed by atoms with van der Waals surface area (Å²) in [6, 6.07) is 12.4. The molecule has 1 unspecified atom stereocenters. The molecular weight excluding hydrogens is 473 g/mol. The van der Waals surface area contributed by atoms with Crippen LogP contribution in [0.4, 0.5) is 5.82 Å². The number of carbonyl (C=O) groups is 1. The summed E-state index contributed by atoms with van der Waals surface area (Å²) in [6.07, 6.45) is 1.16. The minimum absolute atomic E-state index is 0.00237. The number of carbonyl (C=O) groups excluding carboxylic acids is 1. The zero-order chi connectivity index (χ0) is 25.0. The van der Waals surface area contributed by atoms with E-state index in [1.54, 1.807) is 42.6 Å². The van der Waals surface area contributed by atoms with E-state index in [4.69, 9.17) is 24.3 Å². The molecule has 1 aliphatic rings. The van der Waals surface area contributed by atoms with Crippen LogP contribution in [0.15, 0.2) is 48.8 Å². The summed E-state index contributed by atoms with van der Waals surface area (Å²) in [5, 5.41) is 6.90. The van der Waals surface area contributed by atoms with Gasteiger partial charge < -0.3 is 19.7 Å². The lowest BCUT2D eigenvalue weighted by atomic mass is 10.00. The molecule has 4 rings (SSSR count). The SMILES string of the molecule is CC(C)OC(=O)CNP(=O)(OC[C@@H]1C[C@H](C)[C@H](c2ccc3c(N)ncnn23)O1)Oc1ccccc1. The van der Waals surface area contributed by atoms with Crippen LogP contribution in [0.2, 0.25) is 0 Å². The third kappa shape index (κ3) is 6.18. The maximum absolute atomic E-state index is 13.5. The predicted octanol–water partition coefficient (Wildman–Crippen LogP) is 3.52. The van der Waals surface area contributed by atoms with Gasteiger partial charge in [0.15, 0.2) is 5.82 Å². The lowest BCUT2D eigenvalue weighted by molar-refractivity contribution is -0.145. The van der Waals surface area contributed by atoms with Gasteiger partial charge in [-0.25, -0.2) is 19.2 Å². The van der Waals surface area contributed by atoms with Gasteiger partial charge in [0.25, 0.3) is 0 Å². The van der Waals surface area contributed by atoms with E-state index < -0.39 is 13.7 Å². The minimum atomic E-state index is -3.91. The number of hydrogen-bond acceptors (Lipinski definition) is 9. The van der Waals surface area contributed by atoms with Crippen molar-refractivity contribution in [2.45, 2.75) is 45.5 Å².